The summed E-state index contributed by atoms with van der Waals surface area (Å²) in [7, 11) is 0. The Morgan fingerprint density at radius 2 is 1.94 bits per heavy atom. The van der Waals surface area contributed by atoms with E-state index in [0.29, 0.717) is 49.0 Å². The van der Waals surface area contributed by atoms with E-state index < -0.39 is 0 Å². The fourth-order valence-electron chi connectivity index (χ4n) is 5.09. The number of primary amides is 1. The van der Waals surface area contributed by atoms with Crippen molar-refractivity contribution in [1.29, 1.82) is 5.26 Å². The molecule has 1 amide bonds. The Balaban J connectivity index is 1.58. The molecule has 1 aromatic carbocycles. The average Bonchev–Trinajstić information content (AvgIpc) is 3.58. The molecule has 3 heterocycles. The van der Waals surface area contributed by atoms with Crippen molar-refractivity contribution in [2.45, 2.75) is 38.2 Å². The fourth-order valence-corrected chi connectivity index (χ4v) is 5.09. The molecule has 34 heavy (non-hydrogen) atoms. The maximum absolute atomic E-state index is 13.5. The van der Waals surface area contributed by atoms with E-state index in [-0.39, 0.29) is 36.2 Å². The predicted molar refractivity (Wildman–Crippen MR) is 127 cm³/mol. The molecule has 174 valence electrons. The molecular formula is C26H27N5O3. The molecule has 2 aliphatic rings. The van der Waals surface area contributed by atoms with Crippen LogP contribution < -0.4 is 5.73 Å². The SMILES string of the molecule is Cc1c(C(=O)CN2CCC(O)CC2)c2ncc(C3CC3C(N)=O)cc2n1-c1ccc(C#N)cc1. The number of amides is 1. The van der Waals surface area contributed by atoms with Gasteiger partial charge in [0.25, 0.3) is 0 Å². The van der Waals surface area contributed by atoms with Crippen molar-refractivity contribution < 1.29 is 14.7 Å². The third-order valence-corrected chi connectivity index (χ3v) is 7.11. The van der Waals surface area contributed by atoms with E-state index in [1.165, 1.54) is 0 Å². The largest absolute Gasteiger partial charge is 0.393 e. The molecule has 0 bridgehead atoms. The van der Waals surface area contributed by atoms with Crippen LogP contribution in [0.2, 0.25) is 0 Å². The number of carbonyl (C=O) groups excluding carboxylic acids is 2. The molecule has 2 atom stereocenters. The van der Waals surface area contributed by atoms with Crippen molar-refractivity contribution in [3.05, 3.63) is 58.9 Å². The number of piperidine rings is 1. The number of pyridine rings is 1. The van der Waals surface area contributed by atoms with Crippen LogP contribution in [0, 0.1) is 24.2 Å². The number of hydrogen-bond donors (Lipinski definition) is 2. The molecule has 8 nitrogen and oxygen atoms in total. The molecule has 5 rings (SSSR count). The minimum Gasteiger partial charge on any atom is -0.393 e. The van der Waals surface area contributed by atoms with Crippen molar-refractivity contribution in [1.82, 2.24) is 14.5 Å². The van der Waals surface area contributed by atoms with E-state index in [2.05, 4.69) is 11.0 Å². The van der Waals surface area contributed by atoms with Gasteiger partial charge >= 0.3 is 0 Å². The maximum Gasteiger partial charge on any atom is 0.221 e. The number of benzene rings is 1. The summed E-state index contributed by atoms with van der Waals surface area (Å²) in [6.07, 6.45) is 3.52. The number of likely N-dealkylation sites (tertiary alicyclic amines) is 1. The second kappa shape index (κ2) is 8.67. The van der Waals surface area contributed by atoms with Crippen molar-refractivity contribution in [2.75, 3.05) is 19.6 Å². The van der Waals surface area contributed by atoms with Gasteiger partial charge in [-0.05, 0) is 68.0 Å². The highest BCUT2D eigenvalue weighted by Crippen LogP contribution is 2.47. The zero-order chi connectivity index (χ0) is 24.0. The normalized spacial score (nSPS) is 20.9. The molecule has 1 aliphatic carbocycles. The highest BCUT2D eigenvalue weighted by molar-refractivity contribution is 6.09. The molecule has 3 aromatic rings. The number of aromatic nitrogens is 2. The van der Waals surface area contributed by atoms with Gasteiger partial charge in [-0.25, -0.2) is 0 Å². The molecule has 3 N–H and O–H groups in total. The van der Waals surface area contributed by atoms with Crippen LogP contribution in [0.4, 0.5) is 0 Å². The zero-order valence-electron chi connectivity index (χ0n) is 19.1. The van der Waals surface area contributed by atoms with E-state index in [4.69, 9.17) is 10.7 Å². The Labute approximate surface area is 197 Å². The Kier molecular flexibility index (Phi) is 5.68. The van der Waals surface area contributed by atoms with E-state index in [0.717, 1.165) is 22.5 Å². The number of aliphatic hydroxyl groups excluding tert-OH is 1. The number of Topliss-reactive ketones (excluding diaryl/α,β-unsaturated/α-hetero) is 1. The lowest BCUT2D eigenvalue weighted by molar-refractivity contribution is -0.119. The van der Waals surface area contributed by atoms with Crippen LogP contribution in [0.3, 0.4) is 0 Å². The first-order valence-electron chi connectivity index (χ1n) is 11.6. The summed E-state index contributed by atoms with van der Waals surface area (Å²) in [5, 5.41) is 19.0. The Morgan fingerprint density at radius 3 is 2.56 bits per heavy atom. The van der Waals surface area contributed by atoms with Gasteiger partial charge in [0.15, 0.2) is 5.78 Å². The quantitative estimate of drug-likeness (QED) is 0.548. The number of nitrogens with zero attached hydrogens (tertiary/aromatic N) is 4. The van der Waals surface area contributed by atoms with Crippen LogP contribution in [0.1, 0.15) is 52.4 Å². The van der Waals surface area contributed by atoms with Gasteiger partial charge in [0, 0.05) is 36.6 Å². The lowest BCUT2D eigenvalue weighted by Crippen LogP contribution is -2.39. The highest BCUT2D eigenvalue weighted by atomic mass is 16.3. The summed E-state index contributed by atoms with van der Waals surface area (Å²) in [4.78, 5) is 31.9. The molecule has 0 radical (unpaired) electrons. The van der Waals surface area contributed by atoms with Crippen LogP contribution in [0.25, 0.3) is 16.7 Å². The first kappa shape index (κ1) is 22.3. The zero-order valence-corrected chi connectivity index (χ0v) is 19.1. The van der Waals surface area contributed by atoms with E-state index in [9.17, 15) is 20.0 Å². The first-order chi connectivity index (χ1) is 16.4. The monoisotopic (exact) mass is 457 g/mol. The number of aliphatic hydroxyl groups is 1. The Morgan fingerprint density at radius 1 is 1.24 bits per heavy atom. The second-order valence-electron chi connectivity index (χ2n) is 9.37. The van der Waals surface area contributed by atoms with Gasteiger partial charge in [0.1, 0.15) is 0 Å². The minimum absolute atomic E-state index is 0.00651. The third-order valence-electron chi connectivity index (χ3n) is 7.11. The molecule has 2 fully saturated rings. The number of rotatable bonds is 6. The predicted octanol–water partition coefficient (Wildman–Crippen LogP) is 2.43. The molecule has 8 heteroatoms. The summed E-state index contributed by atoms with van der Waals surface area (Å²) in [6.45, 7) is 3.56. The van der Waals surface area contributed by atoms with E-state index in [1.54, 1.807) is 18.3 Å². The van der Waals surface area contributed by atoms with Crippen LogP contribution in [-0.4, -0.2) is 57.0 Å². The maximum atomic E-state index is 13.5. The Bertz CT molecular complexity index is 1310. The van der Waals surface area contributed by atoms with E-state index >= 15 is 0 Å². The number of nitrogens with two attached hydrogens (primary N) is 1. The number of ketones is 1. The molecular weight excluding hydrogens is 430 g/mol. The van der Waals surface area contributed by atoms with Gasteiger partial charge in [-0.15, -0.1) is 0 Å². The minimum atomic E-state index is -0.300. The molecule has 1 saturated carbocycles. The number of fused-ring (bicyclic) bond motifs is 1. The van der Waals surface area contributed by atoms with Gasteiger partial charge in [-0.1, -0.05) is 0 Å². The van der Waals surface area contributed by atoms with Gasteiger partial charge < -0.3 is 15.4 Å². The standard InChI is InChI=1S/C26H27N5O3/c1-15-24(23(33)14-30-8-6-19(32)7-9-30)25-22(31(15)18-4-2-16(12-27)3-5-18)10-17(13-29-25)20-11-21(20)26(28)34/h2-5,10,13,19-21,32H,6-9,11,14H2,1H3,(H2,28,34). The second-order valence-corrected chi connectivity index (χ2v) is 9.37. The summed E-state index contributed by atoms with van der Waals surface area (Å²) in [6, 6.07) is 11.4. The highest BCUT2D eigenvalue weighted by Gasteiger charge is 2.43. The summed E-state index contributed by atoms with van der Waals surface area (Å²) in [5.41, 5.74) is 10.6. The van der Waals surface area contributed by atoms with E-state index in [1.807, 2.05) is 29.7 Å². The summed E-state index contributed by atoms with van der Waals surface area (Å²) < 4.78 is 2.00. The first-order valence-corrected chi connectivity index (χ1v) is 11.6. The molecule has 2 aromatic heterocycles. The van der Waals surface area contributed by atoms with Gasteiger partial charge in [0.2, 0.25) is 5.91 Å². The van der Waals surface area contributed by atoms with Crippen molar-refractivity contribution in [2.24, 2.45) is 11.7 Å². The summed E-state index contributed by atoms with van der Waals surface area (Å²) in [5.74, 6) is -0.425. The van der Waals surface area contributed by atoms with Crippen LogP contribution in [-0.2, 0) is 4.79 Å². The van der Waals surface area contributed by atoms with Gasteiger partial charge in [-0.2, -0.15) is 5.26 Å². The average molecular weight is 458 g/mol. The molecule has 1 aliphatic heterocycles. The molecule has 1 saturated heterocycles. The number of nitriles is 1. The molecule has 0 spiro atoms. The van der Waals surface area contributed by atoms with Crippen LogP contribution in [0.5, 0.6) is 0 Å². The van der Waals surface area contributed by atoms with Crippen molar-refractivity contribution >= 4 is 22.7 Å². The fraction of sp³-hybridized carbons (Fsp3) is 0.385. The topological polar surface area (TPSA) is 125 Å². The lowest BCUT2D eigenvalue weighted by atomic mass is 10.1. The number of hydrogen-bond acceptors (Lipinski definition) is 6. The Hall–Kier alpha value is -3.54. The van der Waals surface area contributed by atoms with Crippen molar-refractivity contribution in [3.63, 3.8) is 0 Å². The smallest absolute Gasteiger partial charge is 0.221 e. The third kappa shape index (κ3) is 3.98. The lowest BCUT2D eigenvalue weighted by Gasteiger charge is -2.28. The number of carbonyl (C=O) groups is 2. The summed E-state index contributed by atoms with van der Waals surface area (Å²) >= 11 is 0. The molecule has 2 unspecified atom stereocenters. The van der Waals surface area contributed by atoms with Gasteiger partial charge in [-0.3, -0.25) is 19.5 Å². The van der Waals surface area contributed by atoms with Crippen molar-refractivity contribution in [3.8, 4) is 11.8 Å². The van der Waals surface area contributed by atoms with Gasteiger partial charge in [0.05, 0.1) is 40.9 Å². The van der Waals surface area contributed by atoms with Crippen LogP contribution >= 0.6 is 0 Å². The van der Waals surface area contributed by atoms with Crippen LogP contribution in [0.15, 0.2) is 36.5 Å².